The SMILES string of the molecule is CN1C=C(c2ccc(N)cc2S(=O)(=O)NC(C)(C)C)SC1c1ccc([N+](=O)[O-])cc1. The number of hydrogen-bond acceptors (Lipinski definition) is 7. The number of nitro groups is 1. The summed E-state index contributed by atoms with van der Waals surface area (Å²) in [5.41, 5.74) is 7.07. The van der Waals surface area contributed by atoms with E-state index in [0.29, 0.717) is 11.3 Å². The van der Waals surface area contributed by atoms with E-state index in [9.17, 15) is 18.5 Å². The maximum absolute atomic E-state index is 13.0. The molecule has 30 heavy (non-hydrogen) atoms. The minimum absolute atomic E-state index is 0.0257. The third-order valence-electron chi connectivity index (χ3n) is 4.32. The van der Waals surface area contributed by atoms with Crippen LogP contribution in [-0.2, 0) is 10.0 Å². The highest BCUT2D eigenvalue weighted by molar-refractivity contribution is 8.08. The normalized spacial score (nSPS) is 17.1. The molecule has 1 atom stereocenters. The van der Waals surface area contributed by atoms with Gasteiger partial charge >= 0.3 is 0 Å². The Bertz CT molecular complexity index is 1110. The van der Waals surface area contributed by atoms with Crippen molar-refractivity contribution < 1.29 is 13.3 Å². The van der Waals surface area contributed by atoms with Gasteiger partial charge in [0, 0.05) is 47.1 Å². The highest BCUT2D eigenvalue weighted by Gasteiger charge is 2.31. The molecule has 0 aliphatic carbocycles. The Morgan fingerprint density at radius 3 is 2.37 bits per heavy atom. The largest absolute Gasteiger partial charge is 0.399 e. The summed E-state index contributed by atoms with van der Waals surface area (Å²) >= 11 is 1.48. The lowest BCUT2D eigenvalue weighted by molar-refractivity contribution is -0.384. The molecule has 160 valence electrons. The molecule has 0 saturated carbocycles. The molecule has 2 aromatic rings. The Morgan fingerprint density at radius 1 is 1.17 bits per heavy atom. The first-order valence-corrected chi connectivity index (χ1v) is 11.5. The molecule has 0 amide bonds. The van der Waals surface area contributed by atoms with Gasteiger partial charge in [-0.2, -0.15) is 0 Å². The van der Waals surface area contributed by atoms with E-state index in [-0.39, 0.29) is 16.0 Å². The molecule has 3 rings (SSSR count). The number of nitrogen functional groups attached to an aromatic ring is 1. The lowest BCUT2D eigenvalue weighted by atomic mass is 10.1. The van der Waals surface area contributed by atoms with Gasteiger partial charge in [0.2, 0.25) is 10.0 Å². The van der Waals surface area contributed by atoms with Gasteiger partial charge in [-0.1, -0.05) is 17.8 Å². The minimum atomic E-state index is -3.80. The summed E-state index contributed by atoms with van der Waals surface area (Å²) in [6, 6.07) is 11.2. The average molecular weight is 449 g/mol. The lowest BCUT2D eigenvalue weighted by Gasteiger charge is -2.22. The van der Waals surface area contributed by atoms with Gasteiger partial charge < -0.3 is 10.6 Å². The number of nitro benzene ring substituents is 1. The Kier molecular flexibility index (Phi) is 5.85. The van der Waals surface area contributed by atoms with Crippen molar-refractivity contribution in [2.24, 2.45) is 0 Å². The van der Waals surface area contributed by atoms with Gasteiger partial charge in [-0.15, -0.1) is 0 Å². The van der Waals surface area contributed by atoms with Gasteiger partial charge in [-0.05, 0) is 50.6 Å². The van der Waals surface area contributed by atoms with Crippen molar-refractivity contribution in [1.82, 2.24) is 9.62 Å². The second-order valence-corrected chi connectivity index (χ2v) is 10.9. The number of nitrogens with one attached hydrogen (secondary N) is 1. The second kappa shape index (κ2) is 7.93. The molecule has 0 aromatic heterocycles. The topological polar surface area (TPSA) is 119 Å². The van der Waals surface area contributed by atoms with Crippen molar-refractivity contribution >= 4 is 38.1 Å². The van der Waals surface area contributed by atoms with Crippen LogP contribution in [0.2, 0.25) is 0 Å². The summed E-state index contributed by atoms with van der Waals surface area (Å²) in [4.78, 5) is 13.3. The number of nitrogens with zero attached hydrogens (tertiary/aromatic N) is 2. The summed E-state index contributed by atoms with van der Waals surface area (Å²) in [5, 5.41) is 10.8. The van der Waals surface area contributed by atoms with Crippen LogP contribution in [0.15, 0.2) is 53.6 Å². The first-order valence-electron chi connectivity index (χ1n) is 9.16. The van der Waals surface area contributed by atoms with Crippen molar-refractivity contribution in [3.05, 3.63) is 69.9 Å². The van der Waals surface area contributed by atoms with Crippen LogP contribution >= 0.6 is 11.8 Å². The molecular weight excluding hydrogens is 424 g/mol. The molecule has 3 N–H and O–H groups in total. The van der Waals surface area contributed by atoms with Crippen LogP contribution in [0.4, 0.5) is 11.4 Å². The van der Waals surface area contributed by atoms with Gasteiger partial charge in [0.25, 0.3) is 5.69 Å². The van der Waals surface area contributed by atoms with Crippen molar-refractivity contribution in [3.8, 4) is 0 Å². The van der Waals surface area contributed by atoms with E-state index >= 15 is 0 Å². The minimum Gasteiger partial charge on any atom is -0.399 e. The van der Waals surface area contributed by atoms with Crippen molar-refractivity contribution in [2.45, 2.75) is 36.6 Å². The fourth-order valence-electron chi connectivity index (χ4n) is 3.11. The standard InChI is InChI=1S/C20H24N4O4S2/c1-20(2,3)22-30(27,28)18-11-14(21)7-10-16(18)17-12-23(4)19(29-17)13-5-8-15(9-6-13)24(25)26/h5-12,19,22H,21H2,1-4H3. The number of rotatable bonds is 5. The first kappa shape index (κ1) is 22.1. The Hall–Kier alpha value is -2.56. The number of anilines is 1. The zero-order valence-corrected chi connectivity index (χ0v) is 18.8. The van der Waals surface area contributed by atoms with E-state index in [2.05, 4.69) is 4.72 Å². The van der Waals surface area contributed by atoms with Crippen LogP contribution in [0, 0.1) is 10.1 Å². The fraction of sp³-hybridized carbons (Fsp3) is 0.300. The molecule has 1 aliphatic heterocycles. The molecule has 1 aliphatic rings. The summed E-state index contributed by atoms with van der Waals surface area (Å²) in [6.45, 7) is 5.33. The van der Waals surface area contributed by atoms with Crippen LogP contribution in [0.3, 0.4) is 0 Å². The molecule has 0 radical (unpaired) electrons. The van der Waals surface area contributed by atoms with Gasteiger partial charge in [-0.25, -0.2) is 13.1 Å². The van der Waals surface area contributed by atoms with Gasteiger partial charge in [-0.3, -0.25) is 10.1 Å². The maximum Gasteiger partial charge on any atom is 0.269 e. The highest BCUT2D eigenvalue weighted by Crippen LogP contribution is 2.49. The molecule has 8 nitrogen and oxygen atoms in total. The lowest BCUT2D eigenvalue weighted by Crippen LogP contribution is -2.40. The van der Waals surface area contributed by atoms with E-state index in [1.165, 1.54) is 30.0 Å². The zero-order chi connectivity index (χ0) is 22.3. The molecule has 0 saturated heterocycles. The highest BCUT2D eigenvalue weighted by atomic mass is 32.2. The van der Waals surface area contributed by atoms with E-state index in [1.807, 2.05) is 18.1 Å². The number of benzene rings is 2. The molecule has 0 fully saturated rings. The molecule has 1 unspecified atom stereocenters. The van der Waals surface area contributed by atoms with E-state index in [4.69, 9.17) is 5.73 Å². The molecule has 0 bridgehead atoms. The number of thioether (sulfide) groups is 1. The van der Waals surface area contributed by atoms with Crippen LogP contribution in [0.5, 0.6) is 0 Å². The smallest absolute Gasteiger partial charge is 0.269 e. The number of non-ortho nitro benzene ring substituents is 1. The summed E-state index contributed by atoms with van der Waals surface area (Å²) < 4.78 is 28.7. The van der Waals surface area contributed by atoms with Crippen molar-refractivity contribution in [3.63, 3.8) is 0 Å². The first-order chi connectivity index (χ1) is 13.9. The average Bonchev–Trinajstić information content (AvgIpc) is 3.01. The monoisotopic (exact) mass is 448 g/mol. The summed E-state index contributed by atoms with van der Waals surface area (Å²) in [7, 11) is -1.92. The maximum atomic E-state index is 13.0. The van der Waals surface area contributed by atoms with Gasteiger partial charge in [0.15, 0.2) is 0 Å². The van der Waals surface area contributed by atoms with Crippen molar-refractivity contribution in [1.29, 1.82) is 0 Å². The van der Waals surface area contributed by atoms with Crippen LogP contribution in [0.25, 0.3) is 4.91 Å². The van der Waals surface area contributed by atoms with Gasteiger partial charge in [0.1, 0.15) is 5.37 Å². The number of nitrogens with two attached hydrogens (primary N) is 1. The number of sulfonamides is 1. The quantitative estimate of drug-likeness (QED) is 0.404. The predicted octanol–water partition coefficient (Wildman–Crippen LogP) is 3.93. The third kappa shape index (κ3) is 4.77. The van der Waals surface area contributed by atoms with E-state index in [1.54, 1.807) is 45.0 Å². The molecule has 0 spiro atoms. The Morgan fingerprint density at radius 2 is 1.80 bits per heavy atom. The third-order valence-corrected chi connectivity index (χ3v) is 7.52. The zero-order valence-electron chi connectivity index (χ0n) is 17.1. The van der Waals surface area contributed by atoms with Crippen molar-refractivity contribution in [2.75, 3.05) is 12.8 Å². The fourth-order valence-corrected chi connectivity index (χ4v) is 6.14. The van der Waals surface area contributed by atoms with E-state index < -0.39 is 20.5 Å². The van der Waals surface area contributed by atoms with Crippen LogP contribution in [-0.4, -0.2) is 30.8 Å². The van der Waals surface area contributed by atoms with E-state index in [0.717, 1.165) is 10.5 Å². The summed E-state index contributed by atoms with van der Waals surface area (Å²) in [5.74, 6) is 0. The van der Waals surface area contributed by atoms with Crippen LogP contribution < -0.4 is 10.5 Å². The molecule has 1 heterocycles. The Labute approximate surface area is 180 Å². The van der Waals surface area contributed by atoms with Gasteiger partial charge in [0.05, 0.1) is 9.82 Å². The molecule has 2 aromatic carbocycles. The Balaban J connectivity index is 1.95. The predicted molar refractivity (Wildman–Crippen MR) is 120 cm³/mol. The molecular formula is C20H24N4O4S2. The van der Waals surface area contributed by atoms with Crippen LogP contribution in [0.1, 0.15) is 37.3 Å². The second-order valence-electron chi connectivity index (χ2n) is 8.09. The molecule has 10 heteroatoms. The summed E-state index contributed by atoms with van der Waals surface area (Å²) in [6.07, 6.45) is 1.87. The number of hydrogen-bond donors (Lipinski definition) is 2.